The Kier molecular flexibility index (Phi) is 7.17. The molecule has 0 heterocycles. The van der Waals surface area contributed by atoms with Gasteiger partial charge in [0.15, 0.2) is 0 Å². The summed E-state index contributed by atoms with van der Waals surface area (Å²) in [5.74, 6) is 0. The van der Waals surface area contributed by atoms with Crippen molar-refractivity contribution in [1.82, 2.24) is 0 Å². The highest BCUT2D eigenvalue weighted by Crippen LogP contribution is 2.28. The Balaban J connectivity index is 2.60. The van der Waals surface area contributed by atoms with Crippen LogP contribution in [0, 0.1) is 5.41 Å². The van der Waals surface area contributed by atoms with Gasteiger partial charge in [0.25, 0.3) is 0 Å². The molecule has 0 spiro atoms. The average Bonchev–Trinajstić information content (AvgIpc) is 2.40. The van der Waals surface area contributed by atoms with Crippen LogP contribution in [0.4, 0.5) is 0 Å². The van der Waals surface area contributed by atoms with E-state index in [4.69, 9.17) is 0 Å². The molecule has 1 aromatic rings. The van der Waals surface area contributed by atoms with Crippen molar-refractivity contribution in [3.8, 4) is 0 Å². The zero-order valence-electron chi connectivity index (χ0n) is 12.3. The van der Waals surface area contributed by atoms with Gasteiger partial charge in [-0.3, -0.25) is 0 Å². The minimum atomic E-state index is -0.0463. The van der Waals surface area contributed by atoms with Crippen LogP contribution in [0.15, 0.2) is 42.5 Å². The van der Waals surface area contributed by atoms with E-state index in [9.17, 15) is 4.79 Å². The number of carbonyl (C=O) groups is 1. The van der Waals surface area contributed by atoms with Crippen LogP contribution in [0.5, 0.6) is 0 Å². The second-order valence-corrected chi connectivity index (χ2v) is 5.59. The quantitative estimate of drug-likeness (QED) is 0.347. The molecule has 0 radical (unpaired) electrons. The van der Waals surface area contributed by atoms with Crippen molar-refractivity contribution in [3.63, 3.8) is 0 Å². The van der Waals surface area contributed by atoms with Crippen LogP contribution >= 0.6 is 0 Å². The summed E-state index contributed by atoms with van der Waals surface area (Å²) in [5.41, 5.74) is 1.25. The summed E-state index contributed by atoms with van der Waals surface area (Å²) in [4.78, 5) is 10.9. The maximum absolute atomic E-state index is 10.9. The molecule has 0 unspecified atom stereocenters. The summed E-state index contributed by atoms with van der Waals surface area (Å²) < 4.78 is 0. The molecule has 19 heavy (non-hydrogen) atoms. The smallest absolute Gasteiger partial charge is 0.120 e. The number of hydrogen-bond acceptors (Lipinski definition) is 1. The molecule has 0 amide bonds. The molecule has 1 nitrogen and oxygen atoms in total. The van der Waals surface area contributed by atoms with E-state index in [-0.39, 0.29) is 5.41 Å². The largest absolute Gasteiger partial charge is 0.303 e. The van der Waals surface area contributed by atoms with Crippen molar-refractivity contribution in [2.45, 2.75) is 52.4 Å². The summed E-state index contributed by atoms with van der Waals surface area (Å²) in [6.45, 7) is 4.39. The number of allylic oxidation sites excluding steroid dienone is 2. The highest BCUT2D eigenvalue weighted by molar-refractivity contribution is 5.51. The molecule has 1 atom stereocenters. The maximum atomic E-state index is 10.9. The van der Waals surface area contributed by atoms with E-state index in [1.54, 1.807) is 0 Å². The van der Waals surface area contributed by atoms with Crippen LogP contribution in [0.1, 0.15) is 51.5 Å². The van der Waals surface area contributed by atoms with Gasteiger partial charge in [-0.05, 0) is 30.2 Å². The fourth-order valence-corrected chi connectivity index (χ4v) is 2.33. The molecule has 0 saturated carbocycles. The van der Waals surface area contributed by atoms with Crippen molar-refractivity contribution in [3.05, 3.63) is 48.0 Å². The van der Waals surface area contributed by atoms with Crippen molar-refractivity contribution in [1.29, 1.82) is 0 Å². The Labute approximate surface area is 117 Å². The van der Waals surface area contributed by atoms with Crippen LogP contribution in [0.3, 0.4) is 0 Å². The van der Waals surface area contributed by atoms with Crippen LogP contribution in [0.2, 0.25) is 0 Å². The summed E-state index contributed by atoms with van der Waals surface area (Å²) in [6, 6.07) is 10.4. The van der Waals surface area contributed by atoms with Gasteiger partial charge in [-0.1, -0.05) is 69.2 Å². The van der Waals surface area contributed by atoms with Crippen LogP contribution in [-0.4, -0.2) is 6.29 Å². The Hall–Kier alpha value is -1.37. The molecule has 1 aromatic carbocycles. The van der Waals surface area contributed by atoms with Gasteiger partial charge >= 0.3 is 0 Å². The van der Waals surface area contributed by atoms with E-state index in [1.165, 1.54) is 24.8 Å². The van der Waals surface area contributed by atoms with Crippen LogP contribution < -0.4 is 0 Å². The number of hydrogen-bond donors (Lipinski definition) is 0. The summed E-state index contributed by atoms with van der Waals surface area (Å²) in [7, 11) is 0. The Bertz CT molecular complexity index is 380. The van der Waals surface area contributed by atoms with Gasteiger partial charge < -0.3 is 4.79 Å². The number of benzene rings is 1. The lowest BCUT2D eigenvalue weighted by atomic mass is 9.80. The molecule has 0 aliphatic rings. The van der Waals surface area contributed by atoms with Crippen molar-refractivity contribution in [2.75, 3.05) is 0 Å². The van der Waals surface area contributed by atoms with Gasteiger partial charge in [0.05, 0.1) is 0 Å². The molecular weight excluding hydrogens is 232 g/mol. The van der Waals surface area contributed by atoms with E-state index in [0.29, 0.717) is 6.42 Å². The highest BCUT2D eigenvalue weighted by Gasteiger charge is 2.20. The lowest BCUT2D eigenvalue weighted by Gasteiger charge is -2.23. The van der Waals surface area contributed by atoms with Gasteiger partial charge in [0.2, 0.25) is 0 Å². The molecule has 104 valence electrons. The van der Waals surface area contributed by atoms with Crippen LogP contribution in [-0.2, 0) is 11.2 Å². The third kappa shape index (κ3) is 6.37. The fraction of sp³-hybridized carbons (Fsp3) is 0.500. The van der Waals surface area contributed by atoms with Gasteiger partial charge in [0, 0.05) is 6.42 Å². The first-order valence-corrected chi connectivity index (χ1v) is 7.35. The second kappa shape index (κ2) is 8.68. The van der Waals surface area contributed by atoms with Crippen molar-refractivity contribution < 1.29 is 4.79 Å². The zero-order valence-corrected chi connectivity index (χ0v) is 12.3. The lowest BCUT2D eigenvalue weighted by Crippen LogP contribution is -2.17. The SMILES string of the molecule is CCCCC/C=C/[C@](C)(CC=O)Cc1ccccc1. The number of unbranched alkanes of at least 4 members (excludes halogenated alkanes) is 3. The third-order valence-corrected chi connectivity index (χ3v) is 3.49. The first-order valence-electron chi connectivity index (χ1n) is 7.35. The molecule has 1 heteroatoms. The molecule has 0 fully saturated rings. The van der Waals surface area contributed by atoms with Gasteiger partial charge in [-0.15, -0.1) is 0 Å². The van der Waals surface area contributed by atoms with Gasteiger partial charge in [0.1, 0.15) is 6.29 Å². The lowest BCUT2D eigenvalue weighted by molar-refractivity contribution is -0.109. The molecule has 0 aromatic heterocycles. The topological polar surface area (TPSA) is 17.1 Å². The fourth-order valence-electron chi connectivity index (χ4n) is 2.33. The number of carbonyl (C=O) groups excluding carboxylic acids is 1. The first-order chi connectivity index (χ1) is 9.20. The summed E-state index contributed by atoms with van der Waals surface area (Å²) in [5, 5.41) is 0. The average molecular weight is 258 g/mol. The van der Waals surface area contributed by atoms with Crippen molar-refractivity contribution >= 4 is 6.29 Å². The van der Waals surface area contributed by atoms with E-state index < -0.39 is 0 Å². The summed E-state index contributed by atoms with van der Waals surface area (Å²) in [6.07, 6.45) is 12.0. The highest BCUT2D eigenvalue weighted by atomic mass is 16.1. The normalized spacial score (nSPS) is 14.4. The van der Waals surface area contributed by atoms with E-state index in [0.717, 1.165) is 19.1 Å². The van der Waals surface area contributed by atoms with Crippen molar-refractivity contribution in [2.24, 2.45) is 5.41 Å². The molecular formula is C18H26O. The molecule has 1 rings (SSSR count). The maximum Gasteiger partial charge on any atom is 0.120 e. The predicted molar refractivity (Wildman–Crippen MR) is 82.2 cm³/mol. The van der Waals surface area contributed by atoms with E-state index in [2.05, 4.69) is 50.3 Å². The standard InChI is InChI=1S/C18H26O/c1-3-4-5-6-10-13-18(2,14-15-19)16-17-11-8-7-9-12-17/h7-13,15H,3-6,14,16H2,1-2H3/b13-10+/t18-/m1/s1. The Morgan fingerprint density at radius 3 is 2.53 bits per heavy atom. The van der Waals surface area contributed by atoms with Gasteiger partial charge in [-0.25, -0.2) is 0 Å². The molecule has 0 N–H and O–H groups in total. The zero-order chi connectivity index (χ0) is 14.0. The second-order valence-electron chi connectivity index (χ2n) is 5.59. The summed E-state index contributed by atoms with van der Waals surface area (Å²) >= 11 is 0. The Morgan fingerprint density at radius 2 is 1.89 bits per heavy atom. The minimum absolute atomic E-state index is 0.0463. The molecule has 0 aliphatic carbocycles. The van der Waals surface area contributed by atoms with Crippen LogP contribution in [0.25, 0.3) is 0 Å². The molecule has 0 bridgehead atoms. The number of aldehydes is 1. The molecule has 0 saturated heterocycles. The number of rotatable bonds is 9. The van der Waals surface area contributed by atoms with E-state index in [1.807, 2.05) is 6.07 Å². The third-order valence-electron chi connectivity index (χ3n) is 3.49. The monoisotopic (exact) mass is 258 g/mol. The Morgan fingerprint density at radius 1 is 1.16 bits per heavy atom. The van der Waals surface area contributed by atoms with Gasteiger partial charge in [-0.2, -0.15) is 0 Å². The first kappa shape index (κ1) is 15.7. The predicted octanol–water partition coefficient (Wildman–Crippen LogP) is 4.96. The van der Waals surface area contributed by atoms with E-state index >= 15 is 0 Å². The molecule has 0 aliphatic heterocycles. The minimum Gasteiger partial charge on any atom is -0.303 e.